The molecular formula is C14H12ClNO3S. The van der Waals surface area contributed by atoms with Gasteiger partial charge >= 0.3 is 5.97 Å². The average molecular weight is 310 g/mol. The zero-order chi connectivity index (χ0) is 14.4. The van der Waals surface area contributed by atoms with Gasteiger partial charge in [0.05, 0.1) is 0 Å². The molecule has 104 valence electrons. The summed E-state index contributed by atoms with van der Waals surface area (Å²) in [7, 11) is 0. The van der Waals surface area contributed by atoms with Gasteiger partial charge in [-0.2, -0.15) is 0 Å². The van der Waals surface area contributed by atoms with Gasteiger partial charge in [0, 0.05) is 11.6 Å². The van der Waals surface area contributed by atoms with Crippen molar-refractivity contribution >= 4 is 34.8 Å². The molecule has 0 aliphatic carbocycles. The predicted molar refractivity (Wildman–Crippen MR) is 77.9 cm³/mol. The van der Waals surface area contributed by atoms with E-state index in [1.165, 1.54) is 11.3 Å². The van der Waals surface area contributed by atoms with Gasteiger partial charge in [-0.15, -0.1) is 11.3 Å². The molecule has 1 amide bonds. The summed E-state index contributed by atoms with van der Waals surface area (Å²) in [6, 6.07) is 10.6. The van der Waals surface area contributed by atoms with Crippen LogP contribution in [0.1, 0.15) is 15.2 Å². The highest BCUT2D eigenvalue weighted by Crippen LogP contribution is 2.11. The first-order chi connectivity index (χ1) is 9.65. The first-order valence-electron chi connectivity index (χ1n) is 5.87. The highest BCUT2D eigenvalue weighted by molar-refractivity contribution is 7.11. The molecule has 0 saturated heterocycles. The Morgan fingerprint density at radius 2 is 2.10 bits per heavy atom. The lowest BCUT2D eigenvalue weighted by Crippen LogP contribution is -2.28. The number of nitrogens with one attached hydrogen (secondary N) is 1. The van der Waals surface area contributed by atoms with E-state index >= 15 is 0 Å². The van der Waals surface area contributed by atoms with Crippen LogP contribution in [-0.4, -0.2) is 18.5 Å². The summed E-state index contributed by atoms with van der Waals surface area (Å²) in [5.41, 5.74) is 0.885. The molecule has 0 fully saturated rings. The van der Waals surface area contributed by atoms with Crippen molar-refractivity contribution in [3.8, 4) is 0 Å². The Bertz CT molecular complexity index is 598. The molecule has 6 heteroatoms. The Labute approximate surface area is 125 Å². The second-order valence-electron chi connectivity index (χ2n) is 3.96. The van der Waals surface area contributed by atoms with Crippen LogP contribution in [0.3, 0.4) is 0 Å². The van der Waals surface area contributed by atoms with Gasteiger partial charge in [-0.3, -0.25) is 4.79 Å². The highest BCUT2D eigenvalue weighted by Gasteiger charge is 2.10. The standard InChI is InChI=1S/C14H12ClNO3S/c15-11-4-1-3-10(7-11)8-16-13(17)9-19-14(18)12-5-2-6-20-12/h1-7H,8-9H2,(H,16,17). The van der Waals surface area contributed by atoms with E-state index in [2.05, 4.69) is 5.32 Å². The van der Waals surface area contributed by atoms with Crippen LogP contribution in [-0.2, 0) is 16.1 Å². The molecule has 1 aromatic carbocycles. The molecule has 0 atom stereocenters. The molecule has 0 saturated carbocycles. The third-order valence-corrected chi connectivity index (χ3v) is 3.52. The third kappa shape index (κ3) is 4.36. The van der Waals surface area contributed by atoms with Crippen molar-refractivity contribution in [3.63, 3.8) is 0 Å². The molecule has 4 nitrogen and oxygen atoms in total. The van der Waals surface area contributed by atoms with Crippen LogP contribution in [0.4, 0.5) is 0 Å². The quantitative estimate of drug-likeness (QED) is 0.864. The Morgan fingerprint density at radius 1 is 1.25 bits per heavy atom. The van der Waals surface area contributed by atoms with Crippen molar-refractivity contribution in [2.45, 2.75) is 6.54 Å². The van der Waals surface area contributed by atoms with Gasteiger partial charge in [-0.25, -0.2) is 4.79 Å². The summed E-state index contributed by atoms with van der Waals surface area (Å²) < 4.78 is 4.89. The van der Waals surface area contributed by atoms with Crippen LogP contribution in [0.5, 0.6) is 0 Å². The van der Waals surface area contributed by atoms with Crippen LogP contribution in [0.25, 0.3) is 0 Å². The maximum absolute atomic E-state index is 11.6. The first kappa shape index (κ1) is 14.6. The van der Waals surface area contributed by atoms with Gasteiger partial charge in [0.1, 0.15) is 4.88 Å². The normalized spacial score (nSPS) is 10.1. The molecule has 0 aliphatic rings. The highest BCUT2D eigenvalue weighted by atomic mass is 35.5. The summed E-state index contributed by atoms with van der Waals surface area (Å²) in [5.74, 6) is -0.840. The summed E-state index contributed by atoms with van der Waals surface area (Å²) >= 11 is 7.11. The summed E-state index contributed by atoms with van der Waals surface area (Å²) in [4.78, 5) is 23.6. The van der Waals surface area contributed by atoms with E-state index in [9.17, 15) is 9.59 Å². The molecule has 0 unspecified atom stereocenters. The van der Waals surface area contributed by atoms with Gasteiger partial charge < -0.3 is 10.1 Å². The van der Waals surface area contributed by atoms with Gasteiger partial charge in [0.15, 0.2) is 6.61 Å². The van der Waals surface area contributed by atoms with E-state index in [0.29, 0.717) is 16.4 Å². The molecule has 1 heterocycles. The fourth-order valence-electron chi connectivity index (χ4n) is 1.50. The van der Waals surface area contributed by atoms with Gasteiger partial charge in [0.25, 0.3) is 5.91 Å². The molecule has 1 aromatic heterocycles. The van der Waals surface area contributed by atoms with Crippen molar-refractivity contribution in [1.29, 1.82) is 0 Å². The smallest absolute Gasteiger partial charge is 0.348 e. The van der Waals surface area contributed by atoms with Crippen LogP contribution in [0.2, 0.25) is 5.02 Å². The van der Waals surface area contributed by atoms with E-state index in [-0.39, 0.29) is 12.5 Å². The molecule has 20 heavy (non-hydrogen) atoms. The number of thiophene rings is 1. The Balaban J connectivity index is 1.74. The fraction of sp³-hybridized carbons (Fsp3) is 0.143. The van der Waals surface area contributed by atoms with Crippen molar-refractivity contribution in [1.82, 2.24) is 5.32 Å². The van der Waals surface area contributed by atoms with Crippen LogP contribution < -0.4 is 5.32 Å². The Kier molecular flexibility index (Phi) is 5.15. The summed E-state index contributed by atoms with van der Waals surface area (Å²) in [6.45, 7) is 0.0489. The zero-order valence-electron chi connectivity index (χ0n) is 10.5. The second kappa shape index (κ2) is 7.07. The minimum Gasteiger partial charge on any atom is -0.451 e. The van der Waals surface area contributed by atoms with Crippen LogP contribution in [0, 0.1) is 0 Å². The van der Waals surface area contributed by atoms with E-state index in [0.717, 1.165) is 5.56 Å². The van der Waals surface area contributed by atoms with Gasteiger partial charge in [-0.05, 0) is 29.1 Å². The molecule has 1 N–H and O–H groups in total. The number of halogens is 1. The number of ether oxygens (including phenoxy) is 1. The number of rotatable bonds is 5. The average Bonchev–Trinajstić information content (AvgIpc) is 2.97. The van der Waals surface area contributed by atoms with E-state index in [1.807, 2.05) is 6.07 Å². The fourth-order valence-corrected chi connectivity index (χ4v) is 2.32. The van der Waals surface area contributed by atoms with Crippen LogP contribution in [0.15, 0.2) is 41.8 Å². The molecule has 0 radical (unpaired) electrons. The van der Waals surface area contributed by atoms with Gasteiger partial charge in [-0.1, -0.05) is 29.8 Å². The largest absolute Gasteiger partial charge is 0.451 e. The molecule has 2 aromatic rings. The maximum atomic E-state index is 11.6. The topological polar surface area (TPSA) is 55.4 Å². The van der Waals surface area contributed by atoms with E-state index < -0.39 is 5.97 Å². The maximum Gasteiger partial charge on any atom is 0.348 e. The van der Waals surface area contributed by atoms with Crippen molar-refractivity contribution < 1.29 is 14.3 Å². The molecule has 0 spiro atoms. The monoisotopic (exact) mass is 309 g/mol. The summed E-state index contributed by atoms with van der Waals surface area (Å²) in [6.07, 6.45) is 0. The van der Waals surface area contributed by atoms with Crippen LogP contribution >= 0.6 is 22.9 Å². The molecular weight excluding hydrogens is 298 g/mol. The lowest BCUT2D eigenvalue weighted by Gasteiger charge is -2.06. The van der Waals surface area contributed by atoms with E-state index in [4.69, 9.17) is 16.3 Å². The Morgan fingerprint density at radius 3 is 2.80 bits per heavy atom. The molecule has 2 rings (SSSR count). The van der Waals surface area contributed by atoms with Crippen molar-refractivity contribution in [3.05, 3.63) is 57.2 Å². The van der Waals surface area contributed by atoms with Crippen molar-refractivity contribution in [2.75, 3.05) is 6.61 Å². The number of esters is 1. The SMILES string of the molecule is O=C(COC(=O)c1cccs1)NCc1cccc(Cl)c1. The lowest BCUT2D eigenvalue weighted by molar-refractivity contribution is -0.124. The zero-order valence-corrected chi connectivity index (χ0v) is 12.0. The number of hydrogen-bond donors (Lipinski definition) is 1. The lowest BCUT2D eigenvalue weighted by atomic mass is 10.2. The number of benzene rings is 1. The summed E-state index contributed by atoms with van der Waals surface area (Å²) in [5, 5.41) is 5.04. The Hall–Kier alpha value is -1.85. The number of carbonyl (C=O) groups is 2. The third-order valence-electron chi connectivity index (χ3n) is 2.44. The minimum absolute atomic E-state index is 0.294. The number of hydrogen-bond acceptors (Lipinski definition) is 4. The predicted octanol–water partition coefficient (Wildman–Crippen LogP) is 2.87. The minimum atomic E-state index is -0.488. The van der Waals surface area contributed by atoms with Crippen molar-refractivity contribution in [2.24, 2.45) is 0 Å². The van der Waals surface area contributed by atoms with E-state index in [1.54, 1.807) is 35.7 Å². The molecule has 0 aliphatic heterocycles. The number of amides is 1. The number of carbonyl (C=O) groups excluding carboxylic acids is 2. The van der Waals surface area contributed by atoms with Gasteiger partial charge in [0.2, 0.25) is 0 Å². The first-order valence-corrected chi connectivity index (χ1v) is 7.12. The molecule has 0 bridgehead atoms. The second-order valence-corrected chi connectivity index (χ2v) is 5.34.